The van der Waals surface area contributed by atoms with Gasteiger partial charge in [-0.3, -0.25) is 14.9 Å². The van der Waals surface area contributed by atoms with Gasteiger partial charge in [-0.25, -0.2) is 4.39 Å². The third-order valence-electron chi connectivity index (χ3n) is 2.37. The first-order valence-electron chi connectivity index (χ1n) is 5.29. The summed E-state index contributed by atoms with van der Waals surface area (Å²) in [4.78, 5) is 21.6. The van der Waals surface area contributed by atoms with Crippen molar-refractivity contribution in [3.63, 3.8) is 0 Å². The number of nitrogens with one attached hydrogen (secondary N) is 1. The highest BCUT2D eigenvalue weighted by Crippen LogP contribution is 2.22. The molecule has 19 heavy (non-hydrogen) atoms. The van der Waals surface area contributed by atoms with Crippen molar-refractivity contribution in [1.82, 2.24) is 0 Å². The number of non-ortho nitro benzene ring substituents is 1. The van der Waals surface area contributed by atoms with Gasteiger partial charge in [0.2, 0.25) is 0 Å². The van der Waals surface area contributed by atoms with E-state index in [0.29, 0.717) is 5.76 Å². The highest BCUT2D eigenvalue weighted by atomic mass is 19.1. The van der Waals surface area contributed by atoms with Crippen molar-refractivity contribution < 1.29 is 18.5 Å². The fraction of sp³-hybridized carbons (Fsp3) is 0.0833. The van der Waals surface area contributed by atoms with Crippen LogP contribution in [0.25, 0.3) is 0 Å². The maximum atomic E-state index is 13.4. The summed E-state index contributed by atoms with van der Waals surface area (Å²) in [5.74, 6) is -0.900. The molecule has 0 saturated heterocycles. The second-order valence-corrected chi connectivity index (χ2v) is 3.79. The number of nitro benzene ring substituents is 1. The lowest BCUT2D eigenvalue weighted by Gasteiger charge is -2.04. The molecule has 0 bridgehead atoms. The van der Waals surface area contributed by atoms with Gasteiger partial charge in [-0.15, -0.1) is 0 Å². The molecule has 0 unspecified atom stereocenters. The first kappa shape index (κ1) is 12.7. The van der Waals surface area contributed by atoms with Crippen molar-refractivity contribution in [3.8, 4) is 0 Å². The van der Waals surface area contributed by atoms with Crippen molar-refractivity contribution in [2.75, 3.05) is 5.32 Å². The van der Waals surface area contributed by atoms with Gasteiger partial charge in [-0.05, 0) is 25.1 Å². The smallest absolute Gasteiger partial charge is 0.291 e. The van der Waals surface area contributed by atoms with Gasteiger partial charge in [0.05, 0.1) is 10.6 Å². The van der Waals surface area contributed by atoms with Crippen LogP contribution in [0.3, 0.4) is 0 Å². The van der Waals surface area contributed by atoms with Crippen molar-refractivity contribution in [2.24, 2.45) is 0 Å². The van der Waals surface area contributed by atoms with E-state index in [1.54, 1.807) is 13.0 Å². The van der Waals surface area contributed by atoms with Crippen LogP contribution in [0.5, 0.6) is 0 Å². The summed E-state index contributed by atoms with van der Waals surface area (Å²) in [6.07, 6.45) is 0. The van der Waals surface area contributed by atoms with Gasteiger partial charge in [0, 0.05) is 12.1 Å². The van der Waals surface area contributed by atoms with Crippen LogP contribution in [0, 0.1) is 22.9 Å². The van der Waals surface area contributed by atoms with E-state index in [4.69, 9.17) is 4.42 Å². The first-order valence-corrected chi connectivity index (χ1v) is 5.29. The molecule has 1 aromatic carbocycles. The topological polar surface area (TPSA) is 85.4 Å². The summed E-state index contributed by atoms with van der Waals surface area (Å²) in [7, 11) is 0. The SMILES string of the molecule is Cc1ccc(C(=O)Nc2cc([N+](=O)[O-])ccc2F)o1. The Hall–Kier alpha value is -2.70. The average Bonchev–Trinajstić information content (AvgIpc) is 2.78. The first-order chi connectivity index (χ1) is 8.97. The molecular formula is C12H9FN2O4. The van der Waals surface area contributed by atoms with Crippen LogP contribution in [-0.2, 0) is 0 Å². The van der Waals surface area contributed by atoms with E-state index < -0.39 is 16.6 Å². The maximum absolute atomic E-state index is 13.4. The molecule has 0 aliphatic rings. The van der Waals surface area contributed by atoms with Crippen molar-refractivity contribution in [2.45, 2.75) is 6.92 Å². The highest BCUT2D eigenvalue weighted by Gasteiger charge is 2.15. The van der Waals surface area contributed by atoms with Gasteiger partial charge in [-0.2, -0.15) is 0 Å². The minimum Gasteiger partial charge on any atom is -0.456 e. The number of halogens is 1. The van der Waals surface area contributed by atoms with Gasteiger partial charge in [0.25, 0.3) is 11.6 Å². The van der Waals surface area contributed by atoms with Crippen LogP contribution in [-0.4, -0.2) is 10.8 Å². The summed E-state index contributed by atoms with van der Waals surface area (Å²) in [5, 5.41) is 12.8. The fourth-order valence-electron chi connectivity index (χ4n) is 1.46. The Morgan fingerprint density at radius 2 is 2.11 bits per heavy atom. The minimum atomic E-state index is -0.762. The van der Waals surface area contributed by atoms with Gasteiger partial charge < -0.3 is 9.73 Å². The van der Waals surface area contributed by atoms with E-state index in [0.717, 1.165) is 18.2 Å². The monoisotopic (exact) mass is 264 g/mol. The van der Waals surface area contributed by atoms with E-state index in [2.05, 4.69) is 5.32 Å². The van der Waals surface area contributed by atoms with Gasteiger partial charge in [0.1, 0.15) is 11.6 Å². The van der Waals surface area contributed by atoms with Crippen molar-refractivity contribution >= 4 is 17.3 Å². The molecule has 2 aromatic rings. The second kappa shape index (κ2) is 4.89. The Bertz CT molecular complexity index is 651. The summed E-state index contributed by atoms with van der Waals surface area (Å²) < 4.78 is 18.5. The van der Waals surface area contributed by atoms with Gasteiger partial charge >= 0.3 is 0 Å². The second-order valence-electron chi connectivity index (χ2n) is 3.79. The minimum absolute atomic E-state index is 0.00315. The van der Waals surface area contributed by atoms with Crippen LogP contribution in [0.1, 0.15) is 16.3 Å². The Morgan fingerprint density at radius 3 is 2.68 bits per heavy atom. The molecule has 0 fully saturated rings. The molecule has 6 nitrogen and oxygen atoms in total. The summed E-state index contributed by atoms with van der Waals surface area (Å²) in [5.41, 5.74) is -0.583. The Kier molecular flexibility index (Phi) is 3.28. The number of aryl methyl sites for hydroxylation is 1. The molecule has 0 aliphatic heterocycles. The molecule has 7 heteroatoms. The van der Waals surface area contributed by atoms with Crippen molar-refractivity contribution in [1.29, 1.82) is 0 Å². The zero-order chi connectivity index (χ0) is 14.0. The number of nitrogens with zero attached hydrogens (tertiary/aromatic N) is 1. The molecule has 0 radical (unpaired) electrons. The zero-order valence-corrected chi connectivity index (χ0v) is 9.84. The lowest BCUT2D eigenvalue weighted by molar-refractivity contribution is -0.384. The molecule has 1 heterocycles. The number of benzene rings is 1. The molecule has 0 spiro atoms. The number of nitro groups is 1. The van der Waals surface area contributed by atoms with Crippen molar-refractivity contribution in [3.05, 3.63) is 57.8 Å². The molecule has 0 aliphatic carbocycles. The van der Waals surface area contributed by atoms with Crippen LogP contribution >= 0.6 is 0 Å². The van der Waals surface area contributed by atoms with Crippen LogP contribution in [0.15, 0.2) is 34.7 Å². The Labute approximate surface area is 107 Å². The van der Waals surface area contributed by atoms with Crippen LogP contribution in [0.4, 0.5) is 15.8 Å². The molecular weight excluding hydrogens is 255 g/mol. The molecule has 1 N–H and O–H groups in total. The van der Waals surface area contributed by atoms with E-state index >= 15 is 0 Å². The van der Waals surface area contributed by atoms with Crippen LogP contribution in [0.2, 0.25) is 0 Å². The largest absolute Gasteiger partial charge is 0.456 e. The maximum Gasteiger partial charge on any atom is 0.291 e. The summed E-state index contributed by atoms with van der Waals surface area (Å²) in [6, 6.07) is 5.89. The molecule has 2 rings (SSSR count). The number of amides is 1. The fourth-order valence-corrected chi connectivity index (χ4v) is 1.46. The third-order valence-corrected chi connectivity index (χ3v) is 2.37. The van der Waals surface area contributed by atoms with E-state index in [1.807, 2.05) is 0 Å². The van der Waals surface area contributed by atoms with E-state index in [1.165, 1.54) is 6.07 Å². The van der Waals surface area contributed by atoms with Gasteiger partial charge in [0.15, 0.2) is 5.76 Å². The molecule has 1 amide bonds. The van der Waals surface area contributed by atoms with E-state index in [-0.39, 0.29) is 17.1 Å². The standard InChI is InChI=1S/C12H9FN2O4/c1-7-2-5-11(19-7)12(16)14-10-6-8(15(17)18)3-4-9(10)13/h2-6H,1H3,(H,14,16). The molecule has 98 valence electrons. The summed E-state index contributed by atoms with van der Waals surface area (Å²) in [6.45, 7) is 1.66. The molecule has 0 saturated carbocycles. The Balaban J connectivity index is 2.25. The quantitative estimate of drug-likeness (QED) is 0.682. The number of furan rings is 1. The number of carbonyl (C=O) groups is 1. The summed E-state index contributed by atoms with van der Waals surface area (Å²) >= 11 is 0. The Morgan fingerprint density at radius 1 is 1.37 bits per heavy atom. The number of carbonyl (C=O) groups excluding carboxylic acids is 1. The number of hydrogen-bond acceptors (Lipinski definition) is 4. The number of anilines is 1. The predicted molar refractivity (Wildman–Crippen MR) is 64.5 cm³/mol. The van der Waals surface area contributed by atoms with Crippen LogP contribution < -0.4 is 5.32 Å². The zero-order valence-electron chi connectivity index (χ0n) is 9.84. The molecule has 0 atom stereocenters. The lowest BCUT2D eigenvalue weighted by Crippen LogP contribution is -2.12. The third kappa shape index (κ3) is 2.76. The number of rotatable bonds is 3. The number of hydrogen-bond donors (Lipinski definition) is 1. The lowest BCUT2D eigenvalue weighted by atomic mass is 10.2. The normalized spacial score (nSPS) is 10.2. The molecule has 1 aromatic heterocycles. The van der Waals surface area contributed by atoms with E-state index in [9.17, 15) is 19.3 Å². The van der Waals surface area contributed by atoms with Gasteiger partial charge in [-0.1, -0.05) is 0 Å². The predicted octanol–water partition coefficient (Wildman–Crippen LogP) is 2.89. The average molecular weight is 264 g/mol. The highest BCUT2D eigenvalue weighted by molar-refractivity contribution is 6.02.